The highest BCUT2D eigenvalue weighted by atomic mass is 35.5. The molecule has 0 atom stereocenters. The van der Waals surface area contributed by atoms with E-state index in [1.54, 1.807) is 29.0 Å². The summed E-state index contributed by atoms with van der Waals surface area (Å²) in [4.78, 5) is 31.5. The number of carbonyl (C=O) groups excluding carboxylic acids is 1. The van der Waals surface area contributed by atoms with Crippen molar-refractivity contribution in [1.29, 1.82) is 0 Å². The Morgan fingerprint density at radius 1 is 1.32 bits per heavy atom. The zero-order valence-corrected chi connectivity index (χ0v) is 18.8. The first-order chi connectivity index (χ1) is 14.8. The van der Waals surface area contributed by atoms with E-state index < -0.39 is 0 Å². The normalized spacial score (nSPS) is 11.4. The molecule has 7 nitrogen and oxygen atoms in total. The Bertz CT molecular complexity index is 1180. The van der Waals surface area contributed by atoms with E-state index in [1.165, 1.54) is 12.1 Å². The number of aryl methyl sites for hydroxylation is 2. The first kappa shape index (κ1) is 22.5. The number of nitrogens with one attached hydrogen (secondary N) is 2. The largest absolute Gasteiger partial charge is 0.322 e. The van der Waals surface area contributed by atoms with Crippen LogP contribution in [0.25, 0.3) is 17.5 Å². The Kier molecular flexibility index (Phi) is 7.07. The molecule has 3 rings (SSSR count). The lowest BCUT2D eigenvalue weighted by molar-refractivity contribution is -0.111. The van der Waals surface area contributed by atoms with Gasteiger partial charge >= 0.3 is 0 Å². The molecule has 2 aromatic heterocycles. The molecule has 0 bridgehead atoms. The molecular weight excluding hydrogens is 414 g/mol. The van der Waals surface area contributed by atoms with Gasteiger partial charge in [-0.25, -0.2) is 4.98 Å². The van der Waals surface area contributed by atoms with Crippen molar-refractivity contribution >= 4 is 29.3 Å². The van der Waals surface area contributed by atoms with Crippen LogP contribution in [0.15, 0.2) is 41.2 Å². The van der Waals surface area contributed by atoms with Gasteiger partial charge in [0.2, 0.25) is 5.91 Å². The second kappa shape index (κ2) is 9.75. The molecule has 1 aromatic carbocycles. The van der Waals surface area contributed by atoms with E-state index in [-0.39, 0.29) is 11.5 Å². The summed E-state index contributed by atoms with van der Waals surface area (Å²) in [6, 6.07) is 8.65. The minimum Gasteiger partial charge on any atom is -0.322 e. The number of rotatable bonds is 7. The van der Waals surface area contributed by atoms with Gasteiger partial charge in [0, 0.05) is 41.2 Å². The molecule has 0 fully saturated rings. The summed E-state index contributed by atoms with van der Waals surface area (Å²) in [5.41, 5.74) is 3.30. The van der Waals surface area contributed by atoms with Crippen LogP contribution in [0.3, 0.4) is 0 Å². The number of nitrogens with zero attached hydrogens (tertiary/aromatic N) is 3. The zero-order valence-electron chi connectivity index (χ0n) is 18.1. The summed E-state index contributed by atoms with van der Waals surface area (Å²) >= 11 is 6.42. The van der Waals surface area contributed by atoms with Crippen LogP contribution in [-0.4, -0.2) is 25.7 Å². The first-order valence-electron chi connectivity index (χ1n) is 10.2. The van der Waals surface area contributed by atoms with Crippen LogP contribution in [0.5, 0.6) is 0 Å². The number of anilines is 1. The van der Waals surface area contributed by atoms with E-state index in [0.29, 0.717) is 46.8 Å². The number of hydrogen-bond acceptors (Lipinski definition) is 4. The topological polar surface area (TPSA) is 92.7 Å². The predicted octanol–water partition coefficient (Wildman–Crippen LogP) is 4.47. The number of hydrogen-bond donors (Lipinski definition) is 2. The fourth-order valence-corrected chi connectivity index (χ4v) is 3.44. The van der Waals surface area contributed by atoms with E-state index in [4.69, 9.17) is 11.6 Å². The minimum absolute atomic E-state index is 0.204. The van der Waals surface area contributed by atoms with Gasteiger partial charge in [-0.1, -0.05) is 44.5 Å². The van der Waals surface area contributed by atoms with Gasteiger partial charge in [0.15, 0.2) is 0 Å². The monoisotopic (exact) mass is 439 g/mol. The van der Waals surface area contributed by atoms with Crippen LogP contribution in [0.4, 0.5) is 5.69 Å². The molecule has 2 N–H and O–H groups in total. The van der Waals surface area contributed by atoms with Crippen molar-refractivity contribution < 1.29 is 4.79 Å². The Balaban J connectivity index is 1.76. The van der Waals surface area contributed by atoms with Crippen LogP contribution >= 0.6 is 11.6 Å². The molecule has 0 aliphatic heterocycles. The van der Waals surface area contributed by atoms with Crippen molar-refractivity contribution in [2.75, 3.05) is 5.32 Å². The number of aromatic amines is 1. The zero-order chi connectivity index (χ0) is 22.5. The minimum atomic E-state index is -0.298. The standard InChI is InChI=1S/C23H26ClN5O2/c1-5-17-12-21(31)27-23(26-17)16-7-6-8-18(11-16)25-20(30)10-9-19-15(4)28-29(22(19)24)13-14(2)3/h6-12,14H,5,13H2,1-4H3,(H,25,30)(H,26,27,31)/b10-9+. The molecule has 0 aliphatic carbocycles. The van der Waals surface area contributed by atoms with Crippen molar-refractivity contribution in [2.24, 2.45) is 5.92 Å². The van der Waals surface area contributed by atoms with Gasteiger partial charge in [0.25, 0.3) is 5.56 Å². The van der Waals surface area contributed by atoms with Gasteiger partial charge in [-0.3, -0.25) is 14.3 Å². The second-order valence-electron chi connectivity index (χ2n) is 7.71. The van der Waals surface area contributed by atoms with E-state index in [0.717, 1.165) is 11.3 Å². The lowest BCUT2D eigenvalue weighted by atomic mass is 10.1. The van der Waals surface area contributed by atoms with Crippen LogP contribution in [0, 0.1) is 12.8 Å². The lowest BCUT2D eigenvalue weighted by Crippen LogP contribution is -2.10. The van der Waals surface area contributed by atoms with Gasteiger partial charge in [-0.05, 0) is 37.5 Å². The third kappa shape index (κ3) is 5.70. The number of amides is 1. The number of aromatic nitrogens is 4. The fourth-order valence-electron chi connectivity index (χ4n) is 3.14. The summed E-state index contributed by atoms with van der Waals surface area (Å²) in [5.74, 6) is 0.579. The van der Waals surface area contributed by atoms with Gasteiger partial charge < -0.3 is 10.3 Å². The van der Waals surface area contributed by atoms with Crippen molar-refractivity contribution in [1.82, 2.24) is 19.7 Å². The average Bonchev–Trinajstić information content (AvgIpc) is 2.98. The summed E-state index contributed by atoms with van der Waals surface area (Å²) in [6.45, 7) is 8.70. The maximum absolute atomic E-state index is 12.5. The van der Waals surface area contributed by atoms with E-state index >= 15 is 0 Å². The highest BCUT2D eigenvalue weighted by molar-refractivity contribution is 6.31. The van der Waals surface area contributed by atoms with Crippen LogP contribution < -0.4 is 10.9 Å². The highest BCUT2D eigenvalue weighted by Crippen LogP contribution is 2.23. The molecule has 2 heterocycles. The number of benzene rings is 1. The number of halogens is 1. The molecule has 3 aromatic rings. The highest BCUT2D eigenvalue weighted by Gasteiger charge is 2.12. The summed E-state index contributed by atoms with van der Waals surface area (Å²) in [7, 11) is 0. The van der Waals surface area contributed by atoms with E-state index in [1.807, 2.05) is 19.9 Å². The Hall–Kier alpha value is -3.19. The van der Waals surface area contributed by atoms with Gasteiger partial charge in [0.1, 0.15) is 11.0 Å². The number of carbonyl (C=O) groups is 1. The summed E-state index contributed by atoms with van der Waals surface area (Å²) < 4.78 is 1.75. The molecule has 0 spiro atoms. The maximum Gasteiger partial charge on any atom is 0.251 e. The summed E-state index contributed by atoms with van der Waals surface area (Å²) in [6.07, 6.45) is 3.76. The maximum atomic E-state index is 12.5. The molecule has 0 aliphatic rings. The quantitative estimate of drug-likeness (QED) is 0.531. The predicted molar refractivity (Wildman–Crippen MR) is 124 cm³/mol. The Morgan fingerprint density at radius 2 is 2.10 bits per heavy atom. The van der Waals surface area contributed by atoms with Crippen LogP contribution in [0.2, 0.25) is 5.15 Å². The third-order valence-electron chi connectivity index (χ3n) is 4.61. The van der Waals surface area contributed by atoms with Crippen molar-refractivity contribution in [3.8, 4) is 11.4 Å². The molecule has 0 saturated heterocycles. The molecule has 0 unspecified atom stereocenters. The van der Waals surface area contributed by atoms with Crippen molar-refractivity contribution in [2.45, 2.75) is 40.7 Å². The molecule has 31 heavy (non-hydrogen) atoms. The third-order valence-corrected chi connectivity index (χ3v) is 5.01. The lowest BCUT2D eigenvalue weighted by Gasteiger charge is -2.07. The fraction of sp³-hybridized carbons (Fsp3) is 0.304. The van der Waals surface area contributed by atoms with Crippen LogP contribution in [-0.2, 0) is 17.8 Å². The first-order valence-corrected chi connectivity index (χ1v) is 10.6. The Morgan fingerprint density at radius 3 is 2.81 bits per heavy atom. The molecular formula is C23H26ClN5O2. The van der Waals surface area contributed by atoms with Gasteiger partial charge in [-0.2, -0.15) is 5.10 Å². The average molecular weight is 440 g/mol. The molecule has 162 valence electrons. The summed E-state index contributed by atoms with van der Waals surface area (Å²) in [5, 5.41) is 7.79. The Labute approximate surface area is 186 Å². The van der Waals surface area contributed by atoms with Gasteiger partial charge in [0.05, 0.1) is 5.69 Å². The van der Waals surface area contributed by atoms with Crippen molar-refractivity contribution in [3.05, 3.63) is 68.9 Å². The SMILES string of the molecule is CCc1cc(=O)[nH]c(-c2cccc(NC(=O)/C=C/c3c(C)nn(CC(C)C)c3Cl)c2)n1. The van der Waals surface area contributed by atoms with E-state index in [9.17, 15) is 9.59 Å². The molecule has 1 amide bonds. The smallest absolute Gasteiger partial charge is 0.251 e. The number of H-pyrrole nitrogens is 1. The molecule has 0 saturated carbocycles. The van der Waals surface area contributed by atoms with Gasteiger partial charge in [-0.15, -0.1) is 0 Å². The second-order valence-corrected chi connectivity index (χ2v) is 8.07. The molecule has 8 heteroatoms. The van der Waals surface area contributed by atoms with Crippen molar-refractivity contribution in [3.63, 3.8) is 0 Å². The molecule has 0 radical (unpaired) electrons. The van der Waals surface area contributed by atoms with E-state index in [2.05, 4.69) is 34.2 Å². The van der Waals surface area contributed by atoms with Crippen LogP contribution in [0.1, 0.15) is 37.7 Å².